The largest absolute Gasteiger partial charge is 0.456 e. The third-order valence-corrected chi connectivity index (χ3v) is 6.78. The number of benzene rings is 3. The van der Waals surface area contributed by atoms with Crippen molar-refractivity contribution in [3.63, 3.8) is 0 Å². The molecule has 1 aliphatic rings. The molecule has 0 saturated carbocycles. The van der Waals surface area contributed by atoms with E-state index in [1.165, 1.54) is 12.1 Å². The Labute approximate surface area is 230 Å². The van der Waals surface area contributed by atoms with Crippen molar-refractivity contribution in [1.82, 2.24) is 0 Å². The fourth-order valence-corrected chi connectivity index (χ4v) is 4.62. The van der Waals surface area contributed by atoms with Crippen LogP contribution in [0.4, 0.5) is 22.0 Å². The summed E-state index contributed by atoms with van der Waals surface area (Å²) in [7, 11) is 0. The minimum atomic E-state index is -3.76. The lowest BCUT2D eigenvalue weighted by Crippen LogP contribution is -2.21. The molecule has 0 aliphatic carbocycles. The van der Waals surface area contributed by atoms with Gasteiger partial charge in [-0.1, -0.05) is 55.5 Å². The minimum Gasteiger partial charge on any atom is -0.456 e. The Morgan fingerprint density at radius 3 is 2.25 bits per heavy atom. The maximum atomic E-state index is 14.7. The molecule has 2 atom stereocenters. The number of alkyl halides is 2. The zero-order chi connectivity index (χ0) is 28.5. The maximum absolute atomic E-state index is 14.7. The molecule has 0 bridgehead atoms. The number of hydrogen-bond donors (Lipinski definition) is 0. The minimum absolute atomic E-state index is 0.0514. The van der Waals surface area contributed by atoms with Crippen molar-refractivity contribution in [3.05, 3.63) is 108 Å². The molecule has 0 spiro atoms. The van der Waals surface area contributed by atoms with Crippen LogP contribution in [0.25, 0.3) is 11.1 Å². The Morgan fingerprint density at radius 1 is 0.950 bits per heavy atom. The summed E-state index contributed by atoms with van der Waals surface area (Å²) in [6.07, 6.45) is 4.01. The third kappa shape index (κ3) is 7.94. The number of ether oxygens (including phenoxy) is 3. The Hall–Kier alpha value is -3.65. The average molecular weight is 559 g/mol. The van der Waals surface area contributed by atoms with Crippen molar-refractivity contribution >= 4 is 0 Å². The van der Waals surface area contributed by atoms with Gasteiger partial charge < -0.3 is 14.2 Å². The molecule has 0 aromatic heterocycles. The highest BCUT2D eigenvalue weighted by atomic mass is 19.3. The molecule has 3 aromatic rings. The van der Waals surface area contributed by atoms with Crippen LogP contribution in [-0.4, -0.2) is 6.61 Å². The molecule has 8 heteroatoms. The van der Waals surface area contributed by atoms with Crippen LogP contribution >= 0.6 is 0 Å². The van der Waals surface area contributed by atoms with E-state index in [4.69, 9.17) is 9.47 Å². The van der Waals surface area contributed by atoms with E-state index in [-0.39, 0.29) is 12.4 Å². The molecule has 40 heavy (non-hydrogen) atoms. The SMILES string of the molecule is CC/C=C/CCC1CCC(c2ccc(-c3ccc(C(F)(F)Oc4ccc(OC=C(F)F)c(F)c4)cc3)cc2)OC1. The monoisotopic (exact) mass is 558 g/mol. The number of hydrogen-bond acceptors (Lipinski definition) is 3. The van der Waals surface area contributed by atoms with Crippen LogP contribution in [0.5, 0.6) is 11.5 Å². The van der Waals surface area contributed by atoms with Crippen molar-refractivity contribution in [2.24, 2.45) is 5.92 Å². The van der Waals surface area contributed by atoms with Crippen molar-refractivity contribution in [3.8, 4) is 22.6 Å². The van der Waals surface area contributed by atoms with Gasteiger partial charge in [0.1, 0.15) is 5.75 Å². The topological polar surface area (TPSA) is 27.7 Å². The molecular formula is C32H31F5O3. The lowest BCUT2D eigenvalue weighted by atomic mass is 9.91. The zero-order valence-corrected chi connectivity index (χ0v) is 22.1. The summed E-state index contributed by atoms with van der Waals surface area (Å²) in [5, 5.41) is 0. The van der Waals surface area contributed by atoms with E-state index in [1.54, 1.807) is 12.1 Å². The van der Waals surface area contributed by atoms with Crippen LogP contribution in [0, 0.1) is 11.7 Å². The Balaban J connectivity index is 1.34. The molecule has 3 aromatic carbocycles. The quantitative estimate of drug-likeness (QED) is 0.133. The van der Waals surface area contributed by atoms with E-state index in [0.29, 0.717) is 12.0 Å². The van der Waals surface area contributed by atoms with Gasteiger partial charge in [-0.2, -0.15) is 17.6 Å². The van der Waals surface area contributed by atoms with E-state index in [0.717, 1.165) is 67.5 Å². The summed E-state index contributed by atoms with van der Waals surface area (Å²) in [4.78, 5) is 0. The molecule has 0 N–H and O–H groups in total. The summed E-state index contributed by atoms with van der Waals surface area (Å²) >= 11 is 0. The van der Waals surface area contributed by atoms with E-state index in [2.05, 4.69) is 23.8 Å². The predicted molar refractivity (Wildman–Crippen MR) is 144 cm³/mol. The molecule has 3 nitrogen and oxygen atoms in total. The first kappa shape index (κ1) is 29.3. The van der Waals surface area contributed by atoms with Gasteiger partial charge in [0, 0.05) is 6.07 Å². The van der Waals surface area contributed by atoms with E-state index in [9.17, 15) is 22.0 Å². The van der Waals surface area contributed by atoms with Crippen LogP contribution in [0.3, 0.4) is 0 Å². The molecule has 4 rings (SSSR count). The molecule has 0 amide bonds. The van der Waals surface area contributed by atoms with Gasteiger partial charge in [0.2, 0.25) is 0 Å². The van der Waals surface area contributed by atoms with Crippen LogP contribution in [0.1, 0.15) is 56.3 Å². The van der Waals surface area contributed by atoms with Crippen molar-refractivity contribution in [2.45, 2.75) is 51.2 Å². The standard InChI is InChI=1S/C32H31F5O3/c1-2-3-4-5-6-22-7-17-29(38-20-22)25-10-8-23(9-11-25)24-12-14-26(15-13-24)32(36,37)40-27-16-18-30(28(33)19-27)39-21-31(34)35/h3-4,8-16,18-19,21-22,29H,2,5-7,17,20H2,1H3/b4-3+. The second kappa shape index (κ2) is 13.6. The van der Waals surface area contributed by atoms with Crippen molar-refractivity contribution < 1.29 is 36.2 Å². The maximum Gasteiger partial charge on any atom is 0.426 e. The highest BCUT2D eigenvalue weighted by Crippen LogP contribution is 2.36. The highest BCUT2D eigenvalue weighted by Gasteiger charge is 2.34. The smallest absolute Gasteiger partial charge is 0.426 e. The fourth-order valence-electron chi connectivity index (χ4n) is 4.62. The van der Waals surface area contributed by atoms with Crippen LogP contribution in [-0.2, 0) is 10.8 Å². The number of rotatable bonds is 11. The number of halogens is 5. The Kier molecular flexibility index (Phi) is 9.98. The van der Waals surface area contributed by atoms with E-state index in [1.807, 2.05) is 24.3 Å². The Bertz CT molecular complexity index is 1290. The normalized spacial score (nSPS) is 17.6. The number of allylic oxidation sites excluding steroid dienone is 2. The van der Waals surface area contributed by atoms with Crippen LogP contribution in [0.15, 0.2) is 91.2 Å². The lowest BCUT2D eigenvalue weighted by Gasteiger charge is -2.29. The van der Waals surface area contributed by atoms with Crippen molar-refractivity contribution in [2.75, 3.05) is 6.61 Å². The van der Waals surface area contributed by atoms with Gasteiger partial charge in [0.15, 0.2) is 17.8 Å². The van der Waals surface area contributed by atoms with Gasteiger partial charge in [-0.05, 0) is 79.0 Å². The summed E-state index contributed by atoms with van der Waals surface area (Å²) in [6.45, 7) is 2.89. The average Bonchev–Trinajstić information content (AvgIpc) is 2.95. The molecule has 1 aliphatic heterocycles. The fraction of sp³-hybridized carbons (Fsp3) is 0.312. The second-order valence-electron chi connectivity index (χ2n) is 9.66. The van der Waals surface area contributed by atoms with Gasteiger partial charge in [0.05, 0.1) is 18.3 Å². The summed E-state index contributed by atoms with van der Waals surface area (Å²) in [5.41, 5.74) is 2.29. The van der Waals surface area contributed by atoms with Gasteiger partial charge in [-0.25, -0.2) is 4.39 Å². The second-order valence-corrected chi connectivity index (χ2v) is 9.66. The van der Waals surface area contributed by atoms with E-state index >= 15 is 0 Å². The van der Waals surface area contributed by atoms with Gasteiger partial charge in [0.25, 0.3) is 0 Å². The predicted octanol–water partition coefficient (Wildman–Crippen LogP) is 9.95. The highest BCUT2D eigenvalue weighted by molar-refractivity contribution is 5.64. The van der Waals surface area contributed by atoms with Gasteiger partial charge in [-0.3, -0.25) is 0 Å². The molecule has 2 unspecified atom stereocenters. The summed E-state index contributed by atoms with van der Waals surface area (Å²) in [6, 6.07) is 16.1. The lowest BCUT2D eigenvalue weighted by molar-refractivity contribution is -0.185. The van der Waals surface area contributed by atoms with Gasteiger partial charge in [-0.15, -0.1) is 0 Å². The molecule has 1 heterocycles. The van der Waals surface area contributed by atoms with Crippen molar-refractivity contribution in [1.29, 1.82) is 0 Å². The summed E-state index contributed by atoms with van der Waals surface area (Å²) in [5.74, 6) is -1.57. The van der Waals surface area contributed by atoms with Crippen LogP contribution in [0.2, 0.25) is 0 Å². The molecule has 0 radical (unpaired) electrons. The first-order valence-electron chi connectivity index (χ1n) is 13.3. The first-order chi connectivity index (χ1) is 19.2. The summed E-state index contributed by atoms with van der Waals surface area (Å²) < 4.78 is 83.0. The Morgan fingerprint density at radius 2 is 1.65 bits per heavy atom. The first-order valence-corrected chi connectivity index (χ1v) is 13.3. The molecule has 1 saturated heterocycles. The van der Waals surface area contributed by atoms with Crippen LogP contribution < -0.4 is 9.47 Å². The molecule has 1 fully saturated rings. The van der Waals surface area contributed by atoms with E-state index < -0.39 is 35.1 Å². The van der Waals surface area contributed by atoms with Gasteiger partial charge >= 0.3 is 12.2 Å². The molecule has 212 valence electrons. The third-order valence-electron chi connectivity index (χ3n) is 6.78. The molecular weight excluding hydrogens is 527 g/mol. The zero-order valence-electron chi connectivity index (χ0n) is 22.1.